The highest BCUT2D eigenvalue weighted by molar-refractivity contribution is 6.00. The molecule has 2 aromatic rings. The molecule has 1 aliphatic heterocycles. The Kier molecular flexibility index (Phi) is 7.88. The van der Waals surface area contributed by atoms with Crippen molar-refractivity contribution < 1.29 is 14.5 Å². The van der Waals surface area contributed by atoms with Crippen LogP contribution in [0.3, 0.4) is 0 Å². The van der Waals surface area contributed by atoms with E-state index in [1.807, 2.05) is 26.2 Å². The number of rotatable bonds is 9. The lowest BCUT2D eigenvalue weighted by atomic mass is 10.1. The highest BCUT2D eigenvalue weighted by Gasteiger charge is 2.19. The number of nitro benzene ring substituents is 1. The lowest BCUT2D eigenvalue weighted by Gasteiger charge is -2.36. The SMILES string of the molecule is COc1ccc(N2CCN(CCCNC(=O)c3cc([N+](=O)[O-])ccc3N(C)C)CC2)cc1. The van der Waals surface area contributed by atoms with Gasteiger partial charge in [0.25, 0.3) is 11.6 Å². The van der Waals surface area contributed by atoms with E-state index in [0.717, 1.165) is 44.9 Å². The van der Waals surface area contributed by atoms with Gasteiger partial charge < -0.3 is 19.9 Å². The number of non-ortho nitro benzene ring substituents is 1. The topological polar surface area (TPSA) is 91.2 Å². The van der Waals surface area contributed by atoms with Gasteiger partial charge in [0, 0.05) is 70.3 Å². The van der Waals surface area contributed by atoms with Crippen LogP contribution in [0.2, 0.25) is 0 Å². The molecule has 3 rings (SSSR count). The highest BCUT2D eigenvalue weighted by atomic mass is 16.6. The average Bonchev–Trinajstić information content (AvgIpc) is 2.81. The molecule has 0 aromatic heterocycles. The van der Waals surface area contributed by atoms with E-state index in [4.69, 9.17) is 4.74 Å². The molecule has 1 aliphatic rings. The number of carbonyl (C=O) groups excluding carboxylic acids is 1. The standard InChI is InChI=1S/C23H31N5O4/c1-25(2)22-10-7-19(28(30)31)17-21(22)23(29)24-11-4-12-26-13-15-27(16-14-26)18-5-8-20(32-3)9-6-18/h5-10,17H,4,11-16H2,1-3H3,(H,24,29). The highest BCUT2D eigenvalue weighted by Crippen LogP contribution is 2.24. The Hall–Kier alpha value is -3.33. The predicted octanol–water partition coefficient (Wildman–Crippen LogP) is 2.61. The molecule has 1 heterocycles. The summed E-state index contributed by atoms with van der Waals surface area (Å²) in [5.41, 5.74) is 2.09. The molecule has 1 fully saturated rings. The van der Waals surface area contributed by atoms with Gasteiger partial charge in [0.15, 0.2) is 0 Å². The Bertz CT molecular complexity index is 924. The second-order valence-corrected chi connectivity index (χ2v) is 7.99. The number of methoxy groups -OCH3 is 1. The predicted molar refractivity (Wildman–Crippen MR) is 126 cm³/mol. The van der Waals surface area contributed by atoms with Crippen molar-refractivity contribution in [2.45, 2.75) is 6.42 Å². The van der Waals surface area contributed by atoms with Gasteiger partial charge in [-0.05, 0) is 43.3 Å². The number of carbonyl (C=O) groups is 1. The summed E-state index contributed by atoms with van der Waals surface area (Å²) in [6.07, 6.45) is 0.820. The van der Waals surface area contributed by atoms with Crippen LogP contribution in [0, 0.1) is 10.1 Å². The van der Waals surface area contributed by atoms with Crippen LogP contribution < -0.4 is 19.9 Å². The normalized spacial score (nSPS) is 14.2. The minimum absolute atomic E-state index is 0.0875. The molecule has 32 heavy (non-hydrogen) atoms. The fourth-order valence-corrected chi connectivity index (χ4v) is 3.83. The zero-order valence-corrected chi connectivity index (χ0v) is 18.9. The van der Waals surface area contributed by atoms with Gasteiger partial charge in [-0.25, -0.2) is 0 Å². The Balaban J connectivity index is 1.44. The van der Waals surface area contributed by atoms with Crippen LogP contribution >= 0.6 is 0 Å². The molecule has 9 nitrogen and oxygen atoms in total. The van der Waals surface area contributed by atoms with Crippen molar-refractivity contribution in [2.24, 2.45) is 0 Å². The number of benzene rings is 2. The van der Waals surface area contributed by atoms with E-state index >= 15 is 0 Å². The van der Waals surface area contributed by atoms with Gasteiger partial charge >= 0.3 is 0 Å². The first-order valence-corrected chi connectivity index (χ1v) is 10.7. The van der Waals surface area contributed by atoms with Crippen LogP contribution in [0.5, 0.6) is 5.75 Å². The zero-order chi connectivity index (χ0) is 23.1. The van der Waals surface area contributed by atoms with E-state index in [1.54, 1.807) is 18.1 Å². The fourth-order valence-electron chi connectivity index (χ4n) is 3.83. The van der Waals surface area contributed by atoms with E-state index in [-0.39, 0.29) is 11.6 Å². The van der Waals surface area contributed by atoms with Crippen molar-refractivity contribution in [2.75, 3.05) is 70.3 Å². The summed E-state index contributed by atoms with van der Waals surface area (Å²) in [7, 11) is 5.29. The second kappa shape index (κ2) is 10.8. The van der Waals surface area contributed by atoms with E-state index in [1.165, 1.54) is 17.8 Å². The average molecular weight is 442 g/mol. The lowest BCUT2D eigenvalue weighted by Crippen LogP contribution is -2.47. The summed E-state index contributed by atoms with van der Waals surface area (Å²) in [5, 5.41) is 14.0. The lowest BCUT2D eigenvalue weighted by molar-refractivity contribution is -0.384. The van der Waals surface area contributed by atoms with Crippen LogP contribution in [0.25, 0.3) is 0 Å². The quantitative estimate of drug-likeness (QED) is 0.363. The van der Waals surface area contributed by atoms with E-state index in [0.29, 0.717) is 17.8 Å². The monoisotopic (exact) mass is 441 g/mol. The largest absolute Gasteiger partial charge is 0.497 e. The van der Waals surface area contributed by atoms with Crippen LogP contribution in [-0.4, -0.2) is 76.2 Å². The molecule has 0 aliphatic carbocycles. The summed E-state index contributed by atoms with van der Waals surface area (Å²) >= 11 is 0. The molecule has 0 unspecified atom stereocenters. The molecule has 0 saturated carbocycles. The van der Waals surface area contributed by atoms with Crippen molar-refractivity contribution in [1.82, 2.24) is 10.2 Å². The molecule has 0 bridgehead atoms. The summed E-state index contributed by atoms with van der Waals surface area (Å²) in [6.45, 7) is 5.27. The van der Waals surface area contributed by atoms with Gasteiger partial charge in [0.2, 0.25) is 0 Å². The number of nitrogens with zero attached hydrogens (tertiary/aromatic N) is 4. The molecular weight excluding hydrogens is 410 g/mol. The first kappa shape index (κ1) is 23.3. The van der Waals surface area contributed by atoms with Crippen LogP contribution in [0.15, 0.2) is 42.5 Å². The first-order chi connectivity index (χ1) is 15.4. The summed E-state index contributed by atoms with van der Waals surface area (Å²) in [5.74, 6) is 0.568. The summed E-state index contributed by atoms with van der Waals surface area (Å²) < 4.78 is 5.22. The zero-order valence-electron chi connectivity index (χ0n) is 18.9. The number of nitro groups is 1. The van der Waals surface area contributed by atoms with E-state index < -0.39 is 4.92 Å². The van der Waals surface area contributed by atoms with Crippen molar-refractivity contribution in [3.8, 4) is 5.75 Å². The Morgan fingerprint density at radius 1 is 1.12 bits per heavy atom. The maximum Gasteiger partial charge on any atom is 0.270 e. The molecule has 0 radical (unpaired) electrons. The Morgan fingerprint density at radius 3 is 2.41 bits per heavy atom. The van der Waals surface area contributed by atoms with E-state index in [2.05, 4.69) is 27.2 Å². The Labute approximate surface area is 188 Å². The second-order valence-electron chi connectivity index (χ2n) is 7.99. The van der Waals surface area contributed by atoms with Crippen molar-refractivity contribution in [3.63, 3.8) is 0 Å². The number of ether oxygens (including phenoxy) is 1. The fraction of sp³-hybridized carbons (Fsp3) is 0.435. The van der Waals surface area contributed by atoms with Crippen LogP contribution in [0.4, 0.5) is 17.1 Å². The smallest absolute Gasteiger partial charge is 0.270 e. The molecule has 1 amide bonds. The number of nitrogens with one attached hydrogen (secondary N) is 1. The van der Waals surface area contributed by atoms with Gasteiger partial charge in [-0.2, -0.15) is 0 Å². The van der Waals surface area contributed by atoms with Gasteiger partial charge in [-0.3, -0.25) is 19.8 Å². The molecular formula is C23H31N5O4. The summed E-state index contributed by atoms with van der Waals surface area (Å²) in [6, 6.07) is 12.5. The number of anilines is 2. The maximum atomic E-state index is 12.7. The van der Waals surface area contributed by atoms with Crippen molar-refractivity contribution in [3.05, 3.63) is 58.1 Å². The van der Waals surface area contributed by atoms with Gasteiger partial charge in [0.1, 0.15) is 5.75 Å². The third-order valence-corrected chi connectivity index (χ3v) is 5.66. The third-order valence-electron chi connectivity index (χ3n) is 5.66. The number of piperazine rings is 1. The number of amides is 1. The molecule has 1 saturated heterocycles. The minimum Gasteiger partial charge on any atom is -0.497 e. The van der Waals surface area contributed by atoms with Crippen LogP contribution in [-0.2, 0) is 0 Å². The molecule has 2 aromatic carbocycles. The van der Waals surface area contributed by atoms with Crippen LogP contribution in [0.1, 0.15) is 16.8 Å². The summed E-state index contributed by atoms with van der Waals surface area (Å²) in [4.78, 5) is 29.8. The molecule has 0 atom stereocenters. The van der Waals surface area contributed by atoms with Gasteiger partial charge in [0.05, 0.1) is 17.6 Å². The van der Waals surface area contributed by atoms with E-state index in [9.17, 15) is 14.9 Å². The molecule has 1 N–H and O–H groups in total. The molecule has 9 heteroatoms. The number of hydrogen-bond acceptors (Lipinski definition) is 7. The Morgan fingerprint density at radius 2 is 1.81 bits per heavy atom. The number of hydrogen-bond donors (Lipinski definition) is 1. The third kappa shape index (κ3) is 5.88. The molecule has 0 spiro atoms. The van der Waals surface area contributed by atoms with Crippen molar-refractivity contribution in [1.29, 1.82) is 0 Å². The minimum atomic E-state index is -0.484. The first-order valence-electron chi connectivity index (χ1n) is 10.7. The molecule has 172 valence electrons. The maximum absolute atomic E-state index is 12.7. The van der Waals surface area contributed by atoms with Gasteiger partial charge in [-0.15, -0.1) is 0 Å². The van der Waals surface area contributed by atoms with Crippen molar-refractivity contribution >= 4 is 23.0 Å². The van der Waals surface area contributed by atoms with Gasteiger partial charge in [-0.1, -0.05) is 0 Å².